The largest absolute Gasteiger partial charge is 0.496 e. The van der Waals surface area contributed by atoms with Crippen molar-refractivity contribution in [3.05, 3.63) is 29.8 Å². The lowest BCUT2D eigenvalue weighted by molar-refractivity contribution is 0.0984. The smallest absolute Gasteiger partial charge is 0.122 e. The molecule has 1 aromatic carbocycles. The molecule has 1 heterocycles. The van der Waals surface area contributed by atoms with Crippen molar-refractivity contribution in [1.82, 2.24) is 4.90 Å². The summed E-state index contributed by atoms with van der Waals surface area (Å²) in [6.45, 7) is 5.33. The molecule has 118 valence electrons. The van der Waals surface area contributed by atoms with Gasteiger partial charge in [-0.15, -0.1) is 0 Å². The van der Waals surface area contributed by atoms with Crippen molar-refractivity contribution < 1.29 is 4.74 Å². The Kier molecular flexibility index (Phi) is 6.07. The van der Waals surface area contributed by atoms with E-state index in [4.69, 9.17) is 10.5 Å². The number of hydrogen-bond acceptors (Lipinski definition) is 3. The minimum absolute atomic E-state index is 0.0198. The third-order valence-electron chi connectivity index (χ3n) is 4.82. The van der Waals surface area contributed by atoms with Gasteiger partial charge in [-0.2, -0.15) is 0 Å². The first-order valence-electron chi connectivity index (χ1n) is 8.26. The van der Waals surface area contributed by atoms with E-state index in [1.54, 1.807) is 7.11 Å². The molecule has 0 spiro atoms. The molecule has 0 amide bonds. The van der Waals surface area contributed by atoms with E-state index in [1.165, 1.54) is 50.8 Å². The molecule has 1 aromatic rings. The molecular weight excluding hydrogens is 260 g/mol. The van der Waals surface area contributed by atoms with Gasteiger partial charge in [0.1, 0.15) is 5.75 Å². The van der Waals surface area contributed by atoms with Gasteiger partial charge in [0.25, 0.3) is 0 Å². The first-order valence-corrected chi connectivity index (χ1v) is 8.26. The van der Waals surface area contributed by atoms with Crippen LogP contribution in [-0.4, -0.2) is 37.2 Å². The van der Waals surface area contributed by atoms with Crippen LogP contribution in [0.25, 0.3) is 0 Å². The Hall–Kier alpha value is -1.06. The van der Waals surface area contributed by atoms with Crippen molar-refractivity contribution in [2.24, 2.45) is 5.73 Å². The summed E-state index contributed by atoms with van der Waals surface area (Å²) < 4.78 is 5.51. The highest BCUT2D eigenvalue weighted by Crippen LogP contribution is 2.27. The maximum absolute atomic E-state index is 6.18. The van der Waals surface area contributed by atoms with Gasteiger partial charge in [-0.3, -0.25) is 4.90 Å². The summed E-state index contributed by atoms with van der Waals surface area (Å²) in [5.41, 5.74) is 7.46. The number of benzene rings is 1. The van der Waals surface area contributed by atoms with Crippen LogP contribution in [0.15, 0.2) is 24.3 Å². The second kappa shape index (κ2) is 7.81. The van der Waals surface area contributed by atoms with E-state index in [0.717, 1.165) is 12.2 Å². The monoisotopic (exact) mass is 290 g/mol. The Morgan fingerprint density at radius 3 is 2.33 bits per heavy atom. The van der Waals surface area contributed by atoms with Crippen molar-refractivity contribution in [3.8, 4) is 5.75 Å². The zero-order valence-corrected chi connectivity index (χ0v) is 13.6. The standard InChI is InChI=1S/C18H30N2O/c1-18(15-19,20-12-8-4-3-5-9-13-20)14-16-10-6-7-11-17(16)21-2/h6-7,10-11H,3-5,8-9,12-15,19H2,1-2H3. The molecule has 2 N–H and O–H groups in total. The van der Waals surface area contributed by atoms with E-state index in [-0.39, 0.29) is 5.54 Å². The number of rotatable bonds is 5. The van der Waals surface area contributed by atoms with Crippen LogP contribution in [0.4, 0.5) is 0 Å². The lowest BCUT2D eigenvalue weighted by Gasteiger charge is -2.42. The van der Waals surface area contributed by atoms with Crippen LogP contribution < -0.4 is 10.5 Å². The topological polar surface area (TPSA) is 38.5 Å². The van der Waals surface area contributed by atoms with E-state index in [2.05, 4.69) is 24.0 Å². The Morgan fingerprint density at radius 1 is 1.10 bits per heavy atom. The second-order valence-electron chi connectivity index (χ2n) is 6.44. The molecule has 0 radical (unpaired) electrons. The average molecular weight is 290 g/mol. The van der Waals surface area contributed by atoms with E-state index < -0.39 is 0 Å². The molecule has 0 aliphatic carbocycles. The number of likely N-dealkylation sites (tertiary alicyclic amines) is 1. The van der Waals surface area contributed by atoms with Crippen LogP contribution >= 0.6 is 0 Å². The predicted molar refractivity (Wildman–Crippen MR) is 88.8 cm³/mol. The van der Waals surface area contributed by atoms with Crippen LogP contribution in [0.2, 0.25) is 0 Å². The summed E-state index contributed by atoms with van der Waals surface area (Å²) in [5, 5.41) is 0. The summed E-state index contributed by atoms with van der Waals surface area (Å²) in [5.74, 6) is 0.976. The lowest BCUT2D eigenvalue weighted by Crippen LogP contribution is -2.54. The third kappa shape index (κ3) is 4.21. The summed E-state index contributed by atoms with van der Waals surface area (Å²) in [6, 6.07) is 8.32. The molecule has 1 aliphatic rings. The van der Waals surface area contributed by atoms with E-state index in [0.29, 0.717) is 6.54 Å². The summed E-state index contributed by atoms with van der Waals surface area (Å²) in [4.78, 5) is 2.61. The van der Waals surface area contributed by atoms with Gasteiger partial charge in [0.15, 0.2) is 0 Å². The summed E-state index contributed by atoms with van der Waals surface area (Å²) in [7, 11) is 1.74. The molecule has 3 heteroatoms. The fourth-order valence-corrected chi connectivity index (χ4v) is 3.36. The number of nitrogens with zero attached hydrogens (tertiary/aromatic N) is 1. The molecule has 1 fully saturated rings. The molecule has 1 atom stereocenters. The molecule has 1 aliphatic heterocycles. The van der Waals surface area contributed by atoms with Crippen LogP contribution in [0.1, 0.15) is 44.6 Å². The lowest BCUT2D eigenvalue weighted by atomic mass is 9.89. The van der Waals surface area contributed by atoms with Gasteiger partial charge in [0, 0.05) is 12.1 Å². The van der Waals surface area contributed by atoms with Crippen molar-refractivity contribution in [3.63, 3.8) is 0 Å². The Bertz CT molecular complexity index is 427. The fraction of sp³-hybridized carbons (Fsp3) is 0.667. The highest BCUT2D eigenvalue weighted by molar-refractivity contribution is 5.34. The number of nitrogens with two attached hydrogens (primary N) is 1. The van der Waals surface area contributed by atoms with Gasteiger partial charge in [-0.05, 0) is 50.9 Å². The van der Waals surface area contributed by atoms with Gasteiger partial charge in [-0.1, -0.05) is 37.5 Å². The molecule has 21 heavy (non-hydrogen) atoms. The van der Waals surface area contributed by atoms with Gasteiger partial charge in [0.05, 0.1) is 7.11 Å². The van der Waals surface area contributed by atoms with Crippen molar-refractivity contribution in [2.75, 3.05) is 26.7 Å². The van der Waals surface area contributed by atoms with Crippen molar-refractivity contribution in [2.45, 2.75) is 51.0 Å². The van der Waals surface area contributed by atoms with Gasteiger partial charge in [-0.25, -0.2) is 0 Å². The summed E-state index contributed by atoms with van der Waals surface area (Å²) >= 11 is 0. The Balaban J connectivity index is 2.15. The molecule has 0 bridgehead atoms. The quantitative estimate of drug-likeness (QED) is 0.905. The van der Waals surface area contributed by atoms with E-state index in [9.17, 15) is 0 Å². The van der Waals surface area contributed by atoms with Gasteiger partial charge < -0.3 is 10.5 Å². The number of ether oxygens (including phenoxy) is 1. The third-order valence-corrected chi connectivity index (χ3v) is 4.82. The van der Waals surface area contributed by atoms with Crippen LogP contribution in [0.5, 0.6) is 5.75 Å². The van der Waals surface area contributed by atoms with E-state index >= 15 is 0 Å². The van der Waals surface area contributed by atoms with Crippen molar-refractivity contribution in [1.29, 1.82) is 0 Å². The molecule has 0 aromatic heterocycles. The zero-order chi connectivity index (χ0) is 15.1. The number of hydrogen-bond donors (Lipinski definition) is 1. The van der Waals surface area contributed by atoms with Crippen molar-refractivity contribution >= 4 is 0 Å². The zero-order valence-electron chi connectivity index (χ0n) is 13.6. The average Bonchev–Trinajstić information content (AvgIpc) is 2.47. The van der Waals surface area contributed by atoms with Crippen LogP contribution in [-0.2, 0) is 6.42 Å². The van der Waals surface area contributed by atoms with Gasteiger partial charge >= 0.3 is 0 Å². The maximum atomic E-state index is 6.18. The first kappa shape index (κ1) is 16.3. The van der Waals surface area contributed by atoms with Crippen LogP contribution in [0.3, 0.4) is 0 Å². The summed E-state index contributed by atoms with van der Waals surface area (Å²) in [6.07, 6.45) is 7.63. The number of para-hydroxylation sites is 1. The highest BCUT2D eigenvalue weighted by Gasteiger charge is 2.31. The minimum atomic E-state index is 0.0198. The molecular formula is C18H30N2O. The molecule has 2 rings (SSSR count). The molecule has 3 nitrogen and oxygen atoms in total. The predicted octanol–water partition coefficient (Wildman–Crippen LogP) is 3.22. The minimum Gasteiger partial charge on any atom is -0.496 e. The fourth-order valence-electron chi connectivity index (χ4n) is 3.36. The van der Waals surface area contributed by atoms with Gasteiger partial charge in [0.2, 0.25) is 0 Å². The van der Waals surface area contributed by atoms with Crippen LogP contribution in [0, 0.1) is 0 Å². The maximum Gasteiger partial charge on any atom is 0.122 e. The highest BCUT2D eigenvalue weighted by atomic mass is 16.5. The second-order valence-corrected chi connectivity index (χ2v) is 6.44. The number of methoxy groups -OCH3 is 1. The normalized spacial score (nSPS) is 20.3. The molecule has 0 saturated carbocycles. The Labute approximate surface area is 129 Å². The molecule has 1 unspecified atom stereocenters. The molecule has 1 saturated heterocycles. The first-order chi connectivity index (χ1) is 10.2. The SMILES string of the molecule is COc1ccccc1CC(C)(CN)N1CCCCCCC1. The Morgan fingerprint density at radius 2 is 1.71 bits per heavy atom. The van der Waals surface area contributed by atoms with E-state index in [1.807, 2.05) is 12.1 Å².